The molecule has 0 saturated carbocycles. The molecule has 4 aromatic rings. The van der Waals surface area contributed by atoms with Crippen LogP contribution >= 0.6 is 11.3 Å². The van der Waals surface area contributed by atoms with E-state index < -0.39 is 10.0 Å². The van der Waals surface area contributed by atoms with Crippen molar-refractivity contribution in [2.75, 3.05) is 11.4 Å². The summed E-state index contributed by atoms with van der Waals surface area (Å²) < 4.78 is 27.9. The second kappa shape index (κ2) is 8.25. The van der Waals surface area contributed by atoms with Crippen LogP contribution in [0.3, 0.4) is 0 Å². The number of benzene rings is 3. The number of nitrogens with one attached hydrogen (secondary N) is 1. The molecule has 152 valence electrons. The Morgan fingerprint density at radius 3 is 2.33 bits per heavy atom. The van der Waals surface area contributed by atoms with Crippen molar-refractivity contribution in [3.8, 4) is 0 Å². The average molecular weight is 438 g/mol. The van der Waals surface area contributed by atoms with Crippen molar-refractivity contribution in [3.05, 3.63) is 89.4 Å². The smallest absolute Gasteiger partial charge is 0.264 e. The predicted octanol–water partition coefficient (Wildman–Crippen LogP) is 4.05. The van der Waals surface area contributed by atoms with Gasteiger partial charge in [0.05, 0.1) is 27.3 Å². The highest BCUT2D eigenvalue weighted by Crippen LogP contribution is 2.23. The van der Waals surface area contributed by atoms with Gasteiger partial charge in [0.2, 0.25) is 0 Å². The van der Waals surface area contributed by atoms with Gasteiger partial charge in [-0.3, -0.25) is 9.10 Å². The van der Waals surface area contributed by atoms with Gasteiger partial charge in [0.15, 0.2) is 0 Å². The number of sulfonamides is 1. The Labute approximate surface area is 178 Å². The summed E-state index contributed by atoms with van der Waals surface area (Å²) in [4.78, 5) is 17.1. The number of rotatable bonds is 6. The summed E-state index contributed by atoms with van der Waals surface area (Å²) in [6.45, 7) is 0.314. The zero-order chi connectivity index (χ0) is 21.1. The van der Waals surface area contributed by atoms with Gasteiger partial charge in [-0.1, -0.05) is 30.3 Å². The van der Waals surface area contributed by atoms with Crippen LogP contribution in [0.4, 0.5) is 5.69 Å². The van der Waals surface area contributed by atoms with E-state index in [2.05, 4.69) is 10.3 Å². The molecular formula is C22H19N3O3S2. The normalized spacial score (nSPS) is 11.4. The number of aromatic nitrogens is 1. The second-order valence-electron chi connectivity index (χ2n) is 6.59. The highest BCUT2D eigenvalue weighted by molar-refractivity contribution is 7.92. The molecule has 0 atom stereocenters. The molecule has 0 spiro atoms. The Bertz CT molecular complexity index is 1250. The highest BCUT2D eigenvalue weighted by atomic mass is 32.2. The topological polar surface area (TPSA) is 79.4 Å². The first-order valence-electron chi connectivity index (χ1n) is 9.22. The van der Waals surface area contributed by atoms with E-state index in [0.29, 0.717) is 17.8 Å². The van der Waals surface area contributed by atoms with Gasteiger partial charge in [0.1, 0.15) is 5.01 Å². The Hall–Kier alpha value is -3.23. The lowest BCUT2D eigenvalue weighted by atomic mass is 10.2. The Morgan fingerprint density at radius 1 is 0.967 bits per heavy atom. The Balaban J connectivity index is 1.45. The van der Waals surface area contributed by atoms with Crippen LogP contribution in [0.25, 0.3) is 10.2 Å². The van der Waals surface area contributed by atoms with Gasteiger partial charge in [0.25, 0.3) is 15.9 Å². The van der Waals surface area contributed by atoms with E-state index in [1.807, 2.05) is 30.3 Å². The Kier molecular flexibility index (Phi) is 5.52. The molecule has 4 rings (SSSR count). The number of para-hydroxylation sites is 2. The summed E-state index contributed by atoms with van der Waals surface area (Å²) in [5, 5.41) is 3.65. The summed E-state index contributed by atoms with van der Waals surface area (Å²) in [7, 11) is -2.21. The molecule has 0 saturated heterocycles. The van der Waals surface area contributed by atoms with Gasteiger partial charge >= 0.3 is 0 Å². The number of anilines is 1. The summed E-state index contributed by atoms with van der Waals surface area (Å²) in [5.41, 5.74) is 1.86. The van der Waals surface area contributed by atoms with E-state index in [9.17, 15) is 13.2 Å². The van der Waals surface area contributed by atoms with Crippen LogP contribution in [0, 0.1) is 0 Å². The van der Waals surface area contributed by atoms with E-state index in [4.69, 9.17) is 0 Å². The molecule has 1 amide bonds. The maximum Gasteiger partial charge on any atom is 0.264 e. The molecule has 1 aromatic heterocycles. The first-order valence-corrected chi connectivity index (χ1v) is 11.5. The average Bonchev–Trinajstić information content (AvgIpc) is 3.20. The molecule has 1 N–H and O–H groups in total. The minimum absolute atomic E-state index is 0.122. The monoisotopic (exact) mass is 437 g/mol. The van der Waals surface area contributed by atoms with E-state index in [1.165, 1.54) is 47.0 Å². The maximum absolute atomic E-state index is 12.8. The minimum Gasteiger partial charge on any atom is -0.346 e. The van der Waals surface area contributed by atoms with Gasteiger partial charge < -0.3 is 5.32 Å². The van der Waals surface area contributed by atoms with Crippen LogP contribution in [0.5, 0.6) is 0 Å². The molecule has 0 aliphatic carbocycles. The van der Waals surface area contributed by atoms with Gasteiger partial charge in [0, 0.05) is 12.6 Å². The second-order valence-corrected chi connectivity index (χ2v) is 9.67. The van der Waals surface area contributed by atoms with Crippen LogP contribution in [0.1, 0.15) is 15.4 Å². The van der Waals surface area contributed by atoms with Crippen LogP contribution in [0.15, 0.2) is 83.8 Å². The largest absolute Gasteiger partial charge is 0.346 e. The van der Waals surface area contributed by atoms with Gasteiger partial charge in [-0.15, -0.1) is 11.3 Å². The molecule has 6 nitrogen and oxygen atoms in total. The summed E-state index contributed by atoms with van der Waals surface area (Å²) in [6.07, 6.45) is 0. The van der Waals surface area contributed by atoms with Gasteiger partial charge in [-0.05, 0) is 48.5 Å². The standard InChI is InChI=1S/C22H19N3O3S2/c1-25(17-7-3-2-4-8-17)30(27,28)18-13-11-16(12-14-18)22(26)23-15-21-24-19-9-5-6-10-20(19)29-21/h2-14H,15H2,1H3,(H,23,26). The zero-order valence-corrected chi connectivity index (χ0v) is 17.8. The van der Waals surface area contributed by atoms with E-state index in [-0.39, 0.29) is 10.8 Å². The molecule has 0 aliphatic rings. The van der Waals surface area contributed by atoms with Crippen molar-refractivity contribution >= 4 is 43.2 Å². The molecule has 0 radical (unpaired) electrons. The SMILES string of the molecule is CN(c1ccccc1)S(=O)(=O)c1ccc(C(=O)NCc2nc3ccccc3s2)cc1. The van der Waals surface area contributed by atoms with E-state index in [1.54, 1.807) is 24.3 Å². The van der Waals surface area contributed by atoms with Gasteiger partial charge in [-0.25, -0.2) is 13.4 Å². The summed E-state index contributed by atoms with van der Waals surface area (Å²) >= 11 is 1.53. The van der Waals surface area contributed by atoms with Crippen LogP contribution in [-0.2, 0) is 16.6 Å². The Morgan fingerprint density at radius 2 is 1.63 bits per heavy atom. The van der Waals surface area contributed by atoms with Gasteiger partial charge in [-0.2, -0.15) is 0 Å². The first-order chi connectivity index (χ1) is 14.4. The van der Waals surface area contributed by atoms with Crippen molar-refractivity contribution in [3.63, 3.8) is 0 Å². The molecule has 0 aliphatic heterocycles. The van der Waals surface area contributed by atoms with Crippen LogP contribution < -0.4 is 9.62 Å². The molecule has 0 unspecified atom stereocenters. The quantitative estimate of drug-likeness (QED) is 0.494. The fraction of sp³-hybridized carbons (Fsp3) is 0.0909. The highest BCUT2D eigenvalue weighted by Gasteiger charge is 2.21. The van der Waals surface area contributed by atoms with E-state index in [0.717, 1.165) is 15.2 Å². The molecule has 8 heteroatoms. The van der Waals surface area contributed by atoms with Crippen LogP contribution in [0.2, 0.25) is 0 Å². The number of carbonyl (C=O) groups excluding carboxylic acids is 1. The summed E-state index contributed by atoms with van der Waals surface area (Å²) in [6, 6.07) is 22.5. The number of hydrogen-bond acceptors (Lipinski definition) is 5. The number of amides is 1. The fourth-order valence-corrected chi connectivity index (χ4v) is 5.07. The fourth-order valence-electron chi connectivity index (χ4n) is 2.97. The third kappa shape index (κ3) is 4.05. The number of thiazole rings is 1. The predicted molar refractivity (Wildman–Crippen MR) is 119 cm³/mol. The van der Waals surface area contributed by atoms with Crippen molar-refractivity contribution in [1.82, 2.24) is 10.3 Å². The molecule has 3 aromatic carbocycles. The van der Waals surface area contributed by atoms with E-state index >= 15 is 0 Å². The molecule has 1 heterocycles. The van der Waals surface area contributed by atoms with Crippen molar-refractivity contribution in [2.24, 2.45) is 0 Å². The lowest BCUT2D eigenvalue weighted by Crippen LogP contribution is -2.27. The third-order valence-electron chi connectivity index (χ3n) is 4.63. The van der Waals surface area contributed by atoms with Crippen molar-refractivity contribution in [2.45, 2.75) is 11.4 Å². The zero-order valence-electron chi connectivity index (χ0n) is 16.1. The lowest BCUT2D eigenvalue weighted by molar-refractivity contribution is 0.0951. The number of nitrogens with zero attached hydrogens (tertiary/aromatic N) is 2. The molecule has 0 fully saturated rings. The maximum atomic E-state index is 12.8. The number of fused-ring (bicyclic) bond motifs is 1. The first kappa shape index (κ1) is 20.1. The molecule has 30 heavy (non-hydrogen) atoms. The van der Waals surface area contributed by atoms with Crippen molar-refractivity contribution in [1.29, 1.82) is 0 Å². The number of hydrogen-bond donors (Lipinski definition) is 1. The summed E-state index contributed by atoms with van der Waals surface area (Å²) in [5.74, 6) is -0.283. The lowest BCUT2D eigenvalue weighted by Gasteiger charge is -2.19. The molecule has 0 bridgehead atoms. The van der Waals surface area contributed by atoms with Crippen molar-refractivity contribution < 1.29 is 13.2 Å². The minimum atomic E-state index is -3.71. The third-order valence-corrected chi connectivity index (χ3v) is 7.47. The van der Waals surface area contributed by atoms with Crippen LogP contribution in [-0.4, -0.2) is 26.4 Å². The number of carbonyl (C=O) groups is 1. The molecular weight excluding hydrogens is 418 g/mol.